The van der Waals surface area contributed by atoms with Gasteiger partial charge in [-0.05, 0) is 42.2 Å². The van der Waals surface area contributed by atoms with Crippen molar-refractivity contribution < 1.29 is 8.42 Å². The Bertz CT molecular complexity index is 569. The van der Waals surface area contributed by atoms with Crippen LogP contribution >= 0.6 is 0 Å². The Kier molecular flexibility index (Phi) is 5.41. The third-order valence-corrected chi connectivity index (χ3v) is 5.93. The average molecular weight is 310 g/mol. The summed E-state index contributed by atoms with van der Waals surface area (Å²) in [5.41, 5.74) is 5.32. The minimum Gasteiger partial charge on any atom is -0.271 e. The van der Waals surface area contributed by atoms with Crippen LogP contribution < -0.4 is 11.3 Å². The number of rotatable bonds is 6. The van der Waals surface area contributed by atoms with Gasteiger partial charge in [-0.25, -0.2) is 8.42 Å². The van der Waals surface area contributed by atoms with Crippen molar-refractivity contribution in [2.24, 2.45) is 17.7 Å². The lowest BCUT2D eigenvalue weighted by Gasteiger charge is -2.20. The first kappa shape index (κ1) is 16.5. The summed E-state index contributed by atoms with van der Waals surface area (Å²) in [5.74, 6) is 7.15. The lowest BCUT2D eigenvalue weighted by atomic mass is 9.92. The zero-order valence-electron chi connectivity index (χ0n) is 12.9. The highest BCUT2D eigenvalue weighted by molar-refractivity contribution is 7.91. The molecule has 21 heavy (non-hydrogen) atoms. The van der Waals surface area contributed by atoms with Crippen LogP contribution in [0.3, 0.4) is 0 Å². The molecule has 0 amide bonds. The molecule has 1 saturated heterocycles. The molecule has 1 aromatic carbocycles. The molecule has 1 aliphatic heterocycles. The zero-order valence-corrected chi connectivity index (χ0v) is 13.7. The first-order valence-corrected chi connectivity index (χ1v) is 9.47. The van der Waals surface area contributed by atoms with Gasteiger partial charge < -0.3 is 0 Å². The normalized spacial score (nSPS) is 22.6. The summed E-state index contributed by atoms with van der Waals surface area (Å²) in [5, 5.41) is 0. The molecule has 0 aromatic heterocycles. The summed E-state index contributed by atoms with van der Waals surface area (Å²) in [6.45, 7) is 4.41. The standard InChI is InChI=1S/C16H26N2O2S/c1-12(2)8-13-4-3-5-15(9-13)16(18-17)10-14-6-7-21(19,20)11-14/h3-5,9,12,14,16,18H,6-8,10-11,17H2,1-2H3. The molecule has 2 atom stereocenters. The van der Waals surface area contributed by atoms with Gasteiger partial charge in [-0.1, -0.05) is 38.1 Å². The molecule has 5 heteroatoms. The van der Waals surface area contributed by atoms with Crippen molar-refractivity contribution in [1.82, 2.24) is 5.43 Å². The number of benzene rings is 1. The second-order valence-corrected chi connectivity index (χ2v) is 8.80. The summed E-state index contributed by atoms with van der Waals surface area (Å²) in [7, 11) is -2.82. The van der Waals surface area contributed by atoms with Crippen LogP contribution in [-0.2, 0) is 16.3 Å². The van der Waals surface area contributed by atoms with Crippen molar-refractivity contribution in [2.45, 2.75) is 39.2 Å². The van der Waals surface area contributed by atoms with Crippen LogP contribution in [0.4, 0.5) is 0 Å². The summed E-state index contributed by atoms with van der Waals surface area (Å²) in [4.78, 5) is 0. The first-order chi connectivity index (χ1) is 9.89. The van der Waals surface area contributed by atoms with Gasteiger partial charge in [0.15, 0.2) is 9.84 Å². The fourth-order valence-corrected chi connectivity index (χ4v) is 4.98. The Balaban J connectivity index is 2.07. The molecular formula is C16H26N2O2S. The van der Waals surface area contributed by atoms with E-state index in [4.69, 9.17) is 5.84 Å². The minimum atomic E-state index is -2.82. The fraction of sp³-hybridized carbons (Fsp3) is 0.625. The van der Waals surface area contributed by atoms with Gasteiger partial charge in [0, 0.05) is 6.04 Å². The molecule has 0 spiro atoms. The maximum Gasteiger partial charge on any atom is 0.150 e. The van der Waals surface area contributed by atoms with Crippen molar-refractivity contribution >= 4 is 9.84 Å². The lowest BCUT2D eigenvalue weighted by molar-refractivity contribution is 0.421. The summed E-state index contributed by atoms with van der Waals surface area (Å²) >= 11 is 0. The molecule has 0 saturated carbocycles. The number of sulfone groups is 1. The highest BCUT2D eigenvalue weighted by Crippen LogP contribution is 2.29. The third kappa shape index (κ3) is 4.80. The Hall–Kier alpha value is -0.910. The van der Waals surface area contributed by atoms with E-state index in [0.29, 0.717) is 17.4 Å². The second-order valence-electron chi connectivity index (χ2n) is 6.57. The number of hydrogen-bond acceptors (Lipinski definition) is 4. The van der Waals surface area contributed by atoms with E-state index in [9.17, 15) is 8.42 Å². The van der Waals surface area contributed by atoms with E-state index < -0.39 is 9.84 Å². The van der Waals surface area contributed by atoms with Crippen molar-refractivity contribution in [3.63, 3.8) is 0 Å². The monoisotopic (exact) mass is 310 g/mol. The van der Waals surface area contributed by atoms with Gasteiger partial charge >= 0.3 is 0 Å². The minimum absolute atomic E-state index is 0.0235. The first-order valence-electron chi connectivity index (χ1n) is 7.65. The van der Waals surface area contributed by atoms with Crippen LogP contribution in [0.5, 0.6) is 0 Å². The Morgan fingerprint density at radius 3 is 2.71 bits per heavy atom. The molecule has 1 fully saturated rings. The molecular weight excluding hydrogens is 284 g/mol. The van der Waals surface area contributed by atoms with E-state index in [-0.39, 0.29) is 12.0 Å². The van der Waals surface area contributed by atoms with Gasteiger partial charge in [0.05, 0.1) is 11.5 Å². The molecule has 3 N–H and O–H groups in total. The van der Waals surface area contributed by atoms with E-state index in [2.05, 4.69) is 43.5 Å². The lowest BCUT2D eigenvalue weighted by Crippen LogP contribution is -2.30. The second kappa shape index (κ2) is 6.90. The van der Waals surface area contributed by atoms with Crippen LogP contribution in [0.2, 0.25) is 0 Å². The van der Waals surface area contributed by atoms with Gasteiger partial charge in [-0.15, -0.1) is 0 Å². The quantitative estimate of drug-likeness (QED) is 0.624. The van der Waals surface area contributed by atoms with Crippen LogP contribution in [0.25, 0.3) is 0 Å². The maximum absolute atomic E-state index is 11.6. The fourth-order valence-electron chi connectivity index (χ4n) is 3.10. The predicted molar refractivity (Wildman–Crippen MR) is 86.4 cm³/mol. The Labute approximate surface area is 128 Å². The number of nitrogens with one attached hydrogen (secondary N) is 1. The molecule has 2 rings (SSSR count). The van der Waals surface area contributed by atoms with E-state index in [1.165, 1.54) is 5.56 Å². The number of nitrogens with two attached hydrogens (primary N) is 1. The van der Waals surface area contributed by atoms with Gasteiger partial charge in [0.1, 0.15) is 0 Å². The summed E-state index contributed by atoms with van der Waals surface area (Å²) in [6.07, 6.45) is 2.58. The maximum atomic E-state index is 11.6. The predicted octanol–water partition coefficient (Wildman–Crippen LogP) is 2.21. The van der Waals surface area contributed by atoms with E-state index in [1.807, 2.05) is 0 Å². The van der Waals surface area contributed by atoms with Gasteiger partial charge in [-0.2, -0.15) is 0 Å². The molecule has 2 unspecified atom stereocenters. The molecule has 0 bridgehead atoms. The number of hydrogen-bond donors (Lipinski definition) is 2. The molecule has 4 nitrogen and oxygen atoms in total. The molecule has 1 aromatic rings. The van der Waals surface area contributed by atoms with Gasteiger partial charge in [-0.3, -0.25) is 11.3 Å². The van der Waals surface area contributed by atoms with Gasteiger partial charge in [0.2, 0.25) is 0 Å². The van der Waals surface area contributed by atoms with Crippen molar-refractivity contribution in [2.75, 3.05) is 11.5 Å². The Morgan fingerprint density at radius 2 is 2.14 bits per heavy atom. The smallest absolute Gasteiger partial charge is 0.150 e. The van der Waals surface area contributed by atoms with Crippen LogP contribution in [0, 0.1) is 11.8 Å². The van der Waals surface area contributed by atoms with E-state index in [1.54, 1.807) is 0 Å². The van der Waals surface area contributed by atoms with Crippen molar-refractivity contribution in [1.29, 1.82) is 0 Å². The summed E-state index contributed by atoms with van der Waals surface area (Å²) in [6, 6.07) is 8.47. The van der Waals surface area contributed by atoms with Crippen molar-refractivity contribution in [3.8, 4) is 0 Å². The third-order valence-electron chi connectivity index (χ3n) is 4.09. The average Bonchev–Trinajstić information content (AvgIpc) is 2.75. The van der Waals surface area contributed by atoms with Crippen molar-refractivity contribution in [3.05, 3.63) is 35.4 Å². The largest absolute Gasteiger partial charge is 0.271 e. The molecule has 1 aliphatic rings. The highest BCUT2D eigenvalue weighted by atomic mass is 32.2. The summed E-state index contributed by atoms with van der Waals surface area (Å²) < 4.78 is 23.1. The van der Waals surface area contributed by atoms with Crippen LogP contribution in [-0.4, -0.2) is 19.9 Å². The molecule has 118 valence electrons. The van der Waals surface area contributed by atoms with E-state index in [0.717, 1.165) is 24.8 Å². The molecule has 0 aliphatic carbocycles. The van der Waals surface area contributed by atoms with E-state index >= 15 is 0 Å². The molecule has 0 radical (unpaired) electrons. The zero-order chi connectivity index (χ0) is 15.5. The van der Waals surface area contributed by atoms with Crippen LogP contribution in [0.15, 0.2) is 24.3 Å². The SMILES string of the molecule is CC(C)Cc1cccc(C(CC2CCS(=O)(=O)C2)NN)c1. The Morgan fingerprint density at radius 1 is 1.38 bits per heavy atom. The van der Waals surface area contributed by atoms with Crippen LogP contribution in [0.1, 0.15) is 43.9 Å². The van der Waals surface area contributed by atoms with Gasteiger partial charge in [0.25, 0.3) is 0 Å². The topological polar surface area (TPSA) is 72.2 Å². The highest BCUT2D eigenvalue weighted by Gasteiger charge is 2.30. The molecule has 1 heterocycles. The number of hydrazine groups is 1.